The van der Waals surface area contributed by atoms with Gasteiger partial charge in [-0.2, -0.15) is 0 Å². The van der Waals surface area contributed by atoms with Gasteiger partial charge in [0.15, 0.2) is 5.96 Å². The summed E-state index contributed by atoms with van der Waals surface area (Å²) in [6, 6.07) is 4.19. The molecule has 0 unspecified atom stereocenters. The van der Waals surface area contributed by atoms with E-state index >= 15 is 0 Å². The largest absolute Gasteiger partial charge is 0.370 e. The van der Waals surface area contributed by atoms with Gasteiger partial charge in [-0.15, -0.1) is 11.3 Å². The summed E-state index contributed by atoms with van der Waals surface area (Å²) in [6.07, 6.45) is 6.06. The van der Waals surface area contributed by atoms with Crippen LogP contribution in [-0.4, -0.2) is 19.0 Å². The SMILES string of the molecule is CC=CCCN=C(N)NCCc1cccs1. The Morgan fingerprint density at radius 3 is 3.19 bits per heavy atom. The lowest BCUT2D eigenvalue weighted by atomic mass is 10.3. The molecule has 0 bridgehead atoms. The first-order chi connectivity index (χ1) is 7.83. The second kappa shape index (κ2) is 7.93. The third-order valence-corrected chi connectivity index (χ3v) is 3.01. The molecule has 0 aliphatic rings. The first-order valence-corrected chi connectivity index (χ1v) is 6.38. The van der Waals surface area contributed by atoms with Gasteiger partial charge >= 0.3 is 0 Å². The predicted octanol–water partition coefficient (Wildman–Crippen LogP) is 2.16. The Hall–Kier alpha value is -1.29. The van der Waals surface area contributed by atoms with E-state index in [1.165, 1.54) is 4.88 Å². The van der Waals surface area contributed by atoms with Gasteiger partial charge < -0.3 is 11.1 Å². The fraction of sp³-hybridized carbons (Fsp3) is 0.417. The molecule has 16 heavy (non-hydrogen) atoms. The van der Waals surface area contributed by atoms with Gasteiger partial charge in [-0.25, -0.2) is 0 Å². The second-order valence-electron chi connectivity index (χ2n) is 3.38. The first-order valence-electron chi connectivity index (χ1n) is 5.50. The number of hydrogen-bond acceptors (Lipinski definition) is 2. The van der Waals surface area contributed by atoms with Crippen LogP contribution in [-0.2, 0) is 6.42 Å². The van der Waals surface area contributed by atoms with Crippen LogP contribution in [0.25, 0.3) is 0 Å². The molecule has 4 heteroatoms. The molecule has 0 atom stereocenters. The van der Waals surface area contributed by atoms with E-state index in [0.29, 0.717) is 5.96 Å². The van der Waals surface area contributed by atoms with Crippen LogP contribution in [0.1, 0.15) is 18.2 Å². The number of allylic oxidation sites excluding steroid dienone is 1. The van der Waals surface area contributed by atoms with Crippen molar-refractivity contribution in [2.75, 3.05) is 13.1 Å². The first kappa shape index (κ1) is 12.8. The number of nitrogens with one attached hydrogen (secondary N) is 1. The summed E-state index contributed by atoms with van der Waals surface area (Å²) in [5.41, 5.74) is 5.71. The molecule has 0 amide bonds. The minimum atomic E-state index is 0.543. The number of aliphatic imine (C=N–C) groups is 1. The highest BCUT2D eigenvalue weighted by Crippen LogP contribution is 2.07. The Labute approximate surface area is 101 Å². The van der Waals surface area contributed by atoms with Crippen LogP contribution in [0.3, 0.4) is 0 Å². The quantitative estimate of drug-likeness (QED) is 0.345. The Morgan fingerprint density at radius 2 is 2.50 bits per heavy atom. The maximum Gasteiger partial charge on any atom is 0.188 e. The van der Waals surface area contributed by atoms with E-state index in [2.05, 4.69) is 33.9 Å². The van der Waals surface area contributed by atoms with Crippen molar-refractivity contribution in [3.8, 4) is 0 Å². The summed E-state index contributed by atoms with van der Waals surface area (Å²) in [5, 5.41) is 5.20. The third-order valence-electron chi connectivity index (χ3n) is 2.07. The summed E-state index contributed by atoms with van der Waals surface area (Å²) in [7, 11) is 0. The topological polar surface area (TPSA) is 50.4 Å². The van der Waals surface area contributed by atoms with Gasteiger partial charge in [-0.05, 0) is 31.2 Å². The van der Waals surface area contributed by atoms with Crippen LogP contribution in [0.4, 0.5) is 0 Å². The number of hydrogen-bond donors (Lipinski definition) is 2. The Kier molecular flexibility index (Phi) is 6.33. The van der Waals surface area contributed by atoms with Crippen molar-refractivity contribution in [2.24, 2.45) is 10.7 Å². The van der Waals surface area contributed by atoms with E-state index in [1.807, 2.05) is 13.0 Å². The van der Waals surface area contributed by atoms with E-state index in [4.69, 9.17) is 5.73 Å². The van der Waals surface area contributed by atoms with Crippen molar-refractivity contribution in [2.45, 2.75) is 19.8 Å². The second-order valence-corrected chi connectivity index (χ2v) is 4.41. The zero-order valence-electron chi connectivity index (χ0n) is 9.65. The molecule has 0 spiro atoms. The lowest BCUT2D eigenvalue weighted by Crippen LogP contribution is -2.33. The van der Waals surface area contributed by atoms with Crippen molar-refractivity contribution < 1.29 is 0 Å². The Balaban J connectivity index is 2.12. The van der Waals surface area contributed by atoms with Gasteiger partial charge in [0.05, 0.1) is 0 Å². The molecule has 0 saturated heterocycles. The van der Waals surface area contributed by atoms with Gasteiger partial charge in [-0.3, -0.25) is 4.99 Å². The monoisotopic (exact) mass is 237 g/mol. The van der Waals surface area contributed by atoms with Gasteiger partial charge in [0.1, 0.15) is 0 Å². The summed E-state index contributed by atoms with van der Waals surface area (Å²) >= 11 is 1.77. The average molecular weight is 237 g/mol. The molecule has 0 aromatic carbocycles. The number of nitrogens with zero attached hydrogens (tertiary/aromatic N) is 1. The maximum atomic E-state index is 5.71. The van der Waals surface area contributed by atoms with E-state index in [0.717, 1.165) is 25.9 Å². The molecule has 1 aromatic rings. The normalized spacial score (nSPS) is 12.2. The fourth-order valence-corrected chi connectivity index (χ4v) is 1.96. The zero-order valence-corrected chi connectivity index (χ0v) is 10.5. The molecule has 1 rings (SSSR count). The molecule has 1 heterocycles. The lowest BCUT2D eigenvalue weighted by molar-refractivity contribution is 0.855. The summed E-state index contributed by atoms with van der Waals surface area (Å²) in [5.74, 6) is 0.543. The maximum absolute atomic E-state index is 5.71. The highest BCUT2D eigenvalue weighted by molar-refractivity contribution is 7.09. The van der Waals surface area contributed by atoms with E-state index in [9.17, 15) is 0 Å². The summed E-state index contributed by atoms with van der Waals surface area (Å²) < 4.78 is 0. The molecule has 3 nitrogen and oxygen atoms in total. The van der Waals surface area contributed by atoms with Gasteiger partial charge in [0, 0.05) is 18.0 Å². The zero-order chi connectivity index (χ0) is 11.6. The number of thiophene rings is 1. The van der Waals surface area contributed by atoms with E-state index in [1.54, 1.807) is 11.3 Å². The highest BCUT2D eigenvalue weighted by atomic mass is 32.1. The molecule has 0 aliphatic heterocycles. The number of guanidine groups is 1. The molecule has 0 fully saturated rings. The van der Waals surface area contributed by atoms with Crippen LogP contribution in [0.5, 0.6) is 0 Å². The number of nitrogens with two attached hydrogens (primary N) is 1. The third kappa shape index (κ3) is 5.56. The van der Waals surface area contributed by atoms with Crippen molar-refractivity contribution in [3.05, 3.63) is 34.5 Å². The van der Waals surface area contributed by atoms with Crippen LogP contribution in [0.2, 0.25) is 0 Å². The van der Waals surface area contributed by atoms with Crippen molar-refractivity contribution in [1.29, 1.82) is 0 Å². The molecular weight excluding hydrogens is 218 g/mol. The number of rotatable bonds is 6. The van der Waals surface area contributed by atoms with Crippen molar-refractivity contribution >= 4 is 17.3 Å². The van der Waals surface area contributed by atoms with Gasteiger partial charge in [-0.1, -0.05) is 18.2 Å². The van der Waals surface area contributed by atoms with Crippen LogP contribution in [0.15, 0.2) is 34.7 Å². The highest BCUT2D eigenvalue weighted by Gasteiger charge is 1.94. The molecule has 0 aliphatic carbocycles. The van der Waals surface area contributed by atoms with Crippen molar-refractivity contribution in [1.82, 2.24) is 5.32 Å². The average Bonchev–Trinajstić information content (AvgIpc) is 2.77. The standard InChI is InChI=1S/C12H19N3S/c1-2-3-4-8-14-12(13)15-9-7-11-6-5-10-16-11/h2-3,5-6,10H,4,7-9H2,1H3,(H3,13,14,15). The van der Waals surface area contributed by atoms with Crippen LogP contribution in [0, 0.1) is 0 Å². The minimum absolute atomic E-state index is 0.543. The lowest BCUT2D eigenvalue weighted by Gasteiger charge is -2.03. The van der Waals surface area contributed by atoms with Crippen LogP contribution < -0.4 is 11.1 Å². The van der Waals surface area contributed by atoms with E-state index < -0.39 is 0 Å². The Morgan fingerprint density at radius 1 is 1.62 bits per heavy atom. The van der Waals surface area contributed by atoms with E-state index in [-0.39, 0.29) is 0 Å². The molecule has 0 saturated carbocycles. The molecule has 1 aromatic heterocycles. The van der Waals surface area contributed by atoms with Crippen molar-refractivity contribution in [3.63, 3.8) is 0 Å². The molecule has 3 N–H and O–H groups in total. The fourth-order valence-electron chi connectivity index (χ4n) is 1.25. The smallest absolute Gasteiger partial charge is 0.188 e. The predicted molar refractivity (Wildman–Crippen MR) is 71.9 cm³/mol. The molecule has 88 valence electrons. The summed E-state index contributed by atoms with van der Waals surface area (Å²) in [4.78, 5) is 5.59. The molecule has 0 radical (unpaired) electrons. The van der Waals surface area contributed by atoms with Gasteiger partial charge in [0.2, 0.25) is 0 Å². The summed E-state index contributed by atoms with van der Waals surface area (Å²) in [6.45, 7) is 3.61. The minimum Gasteiger partial charge on any atom is -0.370 e. The Bertz CT molecular complexity index is 328. The van der Waals surface area contributed by atoms with Crippen LogP contribution >= 0.6 is 11.3 Å². The van der Waals surface area contributed by atoms with Gasteiger partial charge in [0.25, 0.3) is 0 Å². The molecular formula is C12H19N3S.